The molecular formula is C52H62NO8W-. The molecule has 2 atom stereocenters. The van der Waals surface area contributed by atoms with Crippen LogP contribution in [0.15, 0.2) is 82.0 Å². The predicted molar refractivity (Wildman–Crippen MR) is 244 cm³/mol. The van der Waals surface area contributed by atoms with Crippen LogP contribution in [0.2, 0.25) is 0 Å². The molecule has 0 aliphatic heterocycles. The third kappa shape index (κ3) is 10.9. The van der Waals surface area contributed by atoms with Crippen molar-refractivity contribution in [3.05, 3.63) is 91.7 Å². The number of hydrogen-bond acceptors (Lipinski definition) is 9. The molecule has 9 rings (SSSR count). The van der Waals surface area contributed by atoms with Crippen LogP contribution in [-0.2, 0) is 40.2 Å². The van der Waals surface area contributed by atoms with Crippen molar-refractivity contribution in [1.82, 2.24) is 4.90 Å². The Balaban J connectivity index is 0.000000229. The smallest absolute Gasteiger partial charge is 0.147 e. The number of ketones is 4. The van der Waals surface area contributed by atoms with Crippen LogP contribution in [0.4, 0.5) is 0 Å². The van der Waals surface area contributed by atoms with Crippen molar-refractivity contribution in [2.45, 2.75) is 110 Å². The zero-order valence-electron chi connectivity index (χ0n) is 35.8. The molecule has 0 saturated heterocycles. The van der Waals surface area contributed by atoms with Gasteiger partial charge in [0, 0.05) is 80.7 Å². The maximum Gasteiger partial charge on any atom is 0.147 e. The first-order valence-electron chi connectivity index (χ1n) is 21.7. The Morgan fingerprint density at radius 2 is 1.16 bits per heavy atom. The fourth-order valence-corrected chi connectivity index (χ4v) is 9.39. The molecule has 3 aliphatic carbocycles. The van der Waals surface area contributed by atoms with Crippen LogP contribution in [0.1, 0.15) is 121 Å². The van der Waals surface area contributed by atoms with E-state index in [1.54, 1.807) is 12.5 Å². The van der Waals surface area contributed by atoms with Crippen LogP contribution < -0.4 is 9.47 Å². The SMILES string of the molecule is C.CCCCOc1ccc2c(ccc3occ(C4CCC(=O)CC4=O)c32)c1.CN(CCOc1ccc2c(ccc3occ(C4CCC(=O)CC4=O)c32)c1)CC1CCCCC1.[CH3-].[W]. The summed E-state index contributed by atoms with van der Waals surface area (Å²) in [4.78, 5) is 50.6. The third-order valence-corrected chi connectivity index (χ3v) is 12.6. The van der Waals surface area contributed by atoms with Gasteiger partial charge in [-0.3, -0.25) is 19.2 Å². The topological polar surface area (TPSA) is 116 Å². The van der Waals surface area contributed by atoms with Gasteiger partial charge in [-0.1, -0.05) is 52.2 Å². The Kier molecular flexibility index (Phi) is 17.3. The van der Waals surface area contributed by atoms with Gasteiger partial charge in [0.2, 0.25) is 0 Å². The minimum Gasteiger partial charge on any atom is -0.494 e. The molecule has 0 amide bonds. The molecule has 330 valence electrons. The first-order chi connectivity index (χ1) is 28.7. The Labute approximate surface area is 380 Å². The number of unbranched alkanes of at least 4 members (excludes halogenated alkanes) is 1. The first kappa shape index (κ1) is 48.4. The van der Waals surface area contributed by atoms with Crippen molar-refractivity contribution in [2.75, 3.05) is 33.4 Å². The minimum absolute atomic E-state index is 0. The average molecular weight is 1010 g/mol. The van der Waals surface area contributed by atoms with Gasteiger partial charge in [-0.15, -0.1) is 0 Å². The largest absolute Gasteiger partial charge is 0.494 e. The second-order valence-corrected chi connectivity index (χ2v) is 16.9. The molecule has 0 bridgehead atoms. The van der Waals surface area contributed by atoms with E-state index in [2.05, 4.69) is 31.0 Å². The number of carbonyl (C=O) groups is 4. The van der Waals surface area contributed by atoms with Crippen molar-refractivity contribution in [3.8, 4) is 11.5 Å². The molecule has 3 saturated carbocycles. The quantitative estimate of drug-likeness (QED) is 0.0671. The number of rotatable bonds is 12. The number of Topliss-reactive ketones (excluding diaryl/α,β-unsaturated/α-hetero) is 4. The van der Waals surface area contributed by atoms with E-state index in [4.69, 9.17) is 18.3 Å². The molecule has 3 fully saturated rings. The molecule has 4 aromatic carbocycles. The van der Waals surface area contributed by atoms with Crippen molar-refractivity contribution < 1.29 is 58.6 Å². The molecule has 62 heavy (non-hydrogen) atoms. The number of hydrogen-bond donors (Lipinski definition) is 0. The fraction of sp³-hybridized carbons (Fsp3) is 0.442. The maximum absolute atomic E-state index is 12.5. The number of benzene rings is 4. The van der Waals surface area contributed by atoms with E-state index in [1.165, 1.54) is 32.1 Å². The number of ether oxygens (including phenoxy) is 2. The molecule has 2 heterocycles. The van der Waals surface area contributed by atoms with E-state index < -0.39 is 0 Å². The summed E-state index contributed by atoms with van der Waals surface area (Å²) >= 11 is 0. The van der Waals surface area contributed by atoms with Crippen molar-refractivity contribution in [2.24, 2.45) is 5.92 Å². The van der Waals surface area contributed by atoms with Crippen molar-refractivity contribution >= 4 is 66.6 Å². The number of nitrogens with zero attached hydrogens (tertiary/aromatic N) is 1. The molecule has 10 heteroatoms. The summed E-state index contributed by atoms with van der Waals surface area (Å²) in [7, 11) is 2.19. The van der Waals surface area contributed by atoms with Gasteiger partial charge < -0.3 is 30.6 Å². The molecule has 0 radical (unpaired) electrons. The molecule has 9 nitrogen and oxygen atoms in total. The second kappa shape index (κ2) is 22.2. The monoisotopic (exact) mass is 1010 g/mol. The summed E-state index contributed by atoms with van der Waals surface area (Å²) in [6.07, 6.45) is 14.5. The average Bonchev–Trinajstić information content (AvgIpc) is 3.87. The molecular weight excluding hydrogens is 950 g/mol. The van der Waals surface area contributed by atoms with Gasteiger partial charge in [0.15, 0.2) is 0 Å². The number of fused-ring (bicyclic) bond motifs is 6. The van der Waals surface area contributed by atoms with Gasteiger partial charge >= 0.3 is 0 Å². The van der Waals surface area contributed by atoms with Gasteiger partial charge in [-0.2, -0.15) is 0 Å². The van der Waals surface area contributed by atoms with Crippen LogP contribution in [0, 0.1) is 13.3 Å². The number of likely N-dealkylation sites (N-methyl/N-ethyl adjacent to an activating group) is 1. The molecule has 3 aliphatic rings. The first-order valence-corrected chi connectivity index (χ1v) is 21.7. The van der Waals surface area contributed by atoms with Crippen LogP contribution in [0.25, 0.3) is 43.5 Å². The predicted octanol–water partition coefficient (Wildman–Crippen LogP) is 12.1. The Morgan fingerprint density at radius 3 is 1.65 bits per heavy atom. The van der Waals surface area contributed by atoms with E-state index in [0.29, 0.717) is 38.9 Å². The Morgan fingerprint density at radius 1 is 0.661 bits per heavy atom. The van der Waals surface area contributed by atoms with E-state index in [9.17, 15) is 19.2 Å². The van der Waals surface area contributed by atoms with E-state index in [-0.39, 0.29) is 83.7 Å². The normalized spacial score (nSPS) is 18.3. The Hall–Kier alpha value is -4.59. The molecule has 0 N–H and O–H groups in total. The zero-order chi connectivity index (χ0) is 40.9. The minimum atomic E-state index is -0.259. The van der Waals surface area contributed by atoms with Gasteiger partial charge in [0.1, 0.15) is 52.4 Å². The summed E-state index contributed by atoms with van der Waals surface area (Å²) in [6.45, 7) is 5.60. The second-order valence-electron chi connectivity index (χ2n) is 16.9. The van der Waals surface area contributed by atoms with Gasteiger partial charge in [0.25, 0.3) is 0 Å². The summed E-state index contributed by atoms with van der Waals surface area (Å²) in [5.41, 5.74) is 3.37. The van der Waals surface area contributed by atoms with Gasteiger partial charge in [-0.25, -0.2) is 0 Å². The zero-order valence-corrected chi connectivity index (χ0v) is 38.7. The molecule has 0 spiro atoms. The summed E-state index contributed by atoms with van der Waals surface area (Å²) in [5.74, 6) is 2.13. The van der Waals surface area contributed by atoms with Crippen LogP contribution in [0.5, 0.6) is 11.5 Å². The number of carbonyl (C=O) groups excluding carboxylic acids is 4. The van der Waals surface area contributed by atoms with Gasteiger partial charge in [0.05, 0.1) is 32.0 Å². The van der Waals surface area contributed by atoms with E-state index in [0.717, 1.165) is 98.0 Å². The Bertz CT molecular complexity index is 2490. The van der Waals surface area contributed by atoms with Crippen LogP contribution in [-0.4, -0.2) is 61.4 Å². The molecule has 2 aromatic heterocycles. The summed E-state index contributed by atoms with van der Waals surface area (Å²) in [5, 5.41) is 6.21. The fourth-order valence-electron chi connectivity index (χ4n) is 9.39. The van der Waals surface area contributed by atoms with E-state index >= 15 is 0 Å². The molecule has 2 unspecified atom stereocenters. The maximum atomic E-state index is 12.5. The summed E-state index contributed by atoms with van der Waals surface area (Å²) in [6, 6.07) is 20.1. The van der Waals surface area contributed by atoms with Crippen molar-refractivity contribution in [1.29, 1.82) is 0 Å². The third-order valence-electron chi connectivity index (χ3n) is 12.6. The van der Waals surface area contributed by atoms with Crippen LogP contribution in [0.3, 0.4) is 0 Å². The molecule has 6 aromatic rings. The number of furan rings is 2. The standard InChI is InChI=1S/C28H33NO4.C22H22O4.CH4.CH3.W/c1-29(17-19-5-3-2-4-6-19)13-14-32-22-9-11-23-20(15-22)7-12-27-28(23)25(18-33-27)24-10-8-21(30)16-26(24)31;1-2-3-10-25-16-6-8-17-14(11-16)4-9-21-22(17)19(13-26-21)18-7-5-15(23)12-20(18)24;;;/h7,9,11-12,15,18-19,24H,2-6,8,10,13-14,16-17H2,1H3;4,6,8-9,11,13,18H,2-3,5,7,10,12H2,1H3;1H4;1H3;/q;;;-1;. The van der Waals surface area contributed by atoms with E-state index in [1.807, 2.05) is 48.5 Å². The van der Waals surface area contributed by atoms with Gasteiger partial charge in [-0.05, 0) is 115 Å². The van der Waals surface area contributed by atoms with Crippen LogP contribution >= 0.6 is 0 Å². The summed E-state index contributed by atoms with van der Waals surface area (Å²) < 4.78 is 23.4. The van der Waals surface area contributed by atoms with Crippen molar-refractivity contribution in [3.63, 3.8) is 0 Å².